The number of likely N-dealkylation sites (tertiary alicyclic amines) is 1. The normalized spacial score (nSPS) is 25.2. The lowest BCUT2D eigenvalue weighted by Gasteiger charge is -2.41. The van der Waals surface area contributed by atoms with Crippen LogP contribution in [0, 0.1) is 23.7 Å². The lowest BCUT2D eigenvalue weighted by Crippen LogP contribution is -2.59. The second-order valence-electron chi connectivity index (χ2n) is 15.3. The van der Waals surface area contributed by atoms with Gasteiger partial charge in [-0.05, 0) is 75.8 Å². The van der Waals surface area contributed by atoms with Gasteiger partial charge in [-0.15, -0.1) is 0 Å². The lowest BCUT2D eigenvalue weighted by molar-refractivity contribution is -0.146. The quantitative estimate of drug-likeness (QED) is 0.158. The molecule has 9 nitrogen and oxygen atoms in total. The number of hydrogen-bond donors (Lipinski definition) is 3. The molecule has 2 fully saturated rings. The van der Waals surface area contributed by atoms with Gasteiger partial charge in [0.2, 0.25) is 11.8 Å². The van der Waals surface area contributed by atoms with Crippen molar-refractivity contribution in [3.05, 3.63) is 36.5 Å². The molecule has 0 aromatic heterocycles. The topological polar surface area (TPSA) is 95.2 Å². The maximum atomic E-state index is 14.1. The molecule has 2 saturated heterocycles. The highest BCUT2D eigenvalue weighted by Crippen LogP contribution is 2.29. The third-order valence-electron chi connectivity index (χ3n) is 11.2. The van der Waals surface area contributed by atoms with E-state index in [-0.39, 0.29) is 65.8 Å². The highest BCUT2D eigenvalue weighted by Gasteiger charge is 2.42. The summed E-state index contributed by atoms with van der Waals surface area (Å²) in [6.07, 6.45) is 18.7. The van der Waals surface area contributed by atoms with E-state index in [2.05, 4.69) is 93.9 Å². The summed E-state index contributed by atoms with van der Waals surface area (Å²) in [5.74, 6) is 1.12. The summed E-state index contributed by atoms with van der Waals surface area (Å²) in [7, 11) is 5.35. The predicted molar refractivity (Wildman–Crippen MR) is 197 cm³/mol. The first-order valence-corrected chi connectivity index (χ1v) is 18.8. The van der Waals surface area contributed by atoms with E-state index < -0.39 is 6.10 Å². The molecule has 8 unspecified atom stereocenters. The van der Waals surface area contributed by atoms with Crippen molar-refractivity contribution in [3.8, 4) is 0 Å². The van der Waals surface area contributed by atoms with E-state index in [1.807, 2.05) is 16.8 Å². The predicted octanol–water partition coefficient (Wildman–Crippen LogP) is 4.94. The van der Waals surface area contributed by atoms with E-state index in [4.69, 9.17) is 9.47 Å². The number of nitrogens with one attached hydrogen (secondary N) is 3. The van der Waals surface area contributed by atoms with Gasteiger partial charge in [0.25, 0.3) is 0 Å². The summed E-state index contributed by atoms with van der Waals surface area (Å²) in [4.78, 5) is 32.2. The van der Waals surface area contributed by atoms with Crippen LogP contribution in [0.15, 0.2) is 36.5 Å². The van der Waals surface area contributed by atoms with E-state index in [1.54, 1.807) is 14.2 Å². The summed E-state index contributed by atoms with van der Waals surface area (Å²) in [6, 6.07) is -0.514. The van der Waals surface area contributed by atoms with Gasteiger partial charge in [0.15, 0.2) is 0 Å². The van der Waals surface area contributed by atoms with Crippen molar-refractivity contribution in [1.82, 2.24) is 25.8 Å². The average Bonchev–Trinajstić information content (AvgIpc) is 3.65. The highest BCUT2D eigenvalue weighted by atomic mass is 16.5. The number of allylic oxidation sites excluding steroid dienone is 6. The van der Waals surface area contributed by atoms with Crippen molar-refractivity contribution >= 4 is 11.8 Å². The van der Waals surface area contributed by atoms with Gasteiger partial charge in [0, 0.05) is 46.4 Å². The van der Waals surface area contributed by atoms with Crippen LogP contribution in [0.4, 0.5) is 0 Å². The highest BCUT2D eigenvalue weighted by molar-refractivity contribution is 5.83. The number of rotatable bonds is 20. The molecule has 0 radical (unpaired) electrons. The lowest BCUT2D eigenvalue weighted by atomic mass is 9.89. The minimum atomic E-state index is -0.410. The fourth-order valence-electron chi connectivity index (χ4n) is 8.02. The van der Waals surface area contributed by atoms with Crippen molar-refractivity contribution in [2.24, 2.45) is 23.7 Å². The number of carbonyl (C=O) groups excluding carboxylic acids is 2. The summed E-state index contributed by atoms with van der Waals surface area (Å²) < 4.78 is 12.2. The smallest absolute Gasteiger partial charge is 0.240 e. The second kappa shape index (κ2) is 20.0. The maximum absolute atomic E-state index is 14.1. The van der Waals surface area contributed by atoms with E-state index >= 15 is 0 Å². The summed E-state index contributed by atoms with van der Waals surface area (Å²) >= 11 is 0. The Morgan fingerprint density at radius 3 is 2.33 bits per heavy atom. The minimum Gasteiger partial charge on any atom is -0.379 e. The Labute approximate surface area is 292 Å². The zero-order chi connectivity index (χ0) is 35.3. The van der Waals surface area contributed by atoms with E-state index in [0.29, 0.717) is 5.92 Å². The monoisotopic (exact) mass is 672 g/mol. The number of nitrogens with zero attached hydrogens (tertiary/aromatic N) is 2. The number of carbonyl (C=O) groups is 2. The molecule has 2 heterocycles. The summed E-state index contributed by atoms with van der Waals surface area (Å²) in [6.45, 7) is 17.2. The molecule has 2 aliphatic heterocycles. The zero-order valence-electron chi connectivity index (χ0n) is 31.7. The van der Waals surface area contributed by atoms with Gasteiger partial charge in [-0.3, -0.25) is 9.59 Å². The molecule has 0 aromatic rings. The van der Waals surface area contributed by atoms with Crippen molar-refractivity contribution in [2.75, 3.05) is 54.0 Å². The molecule has 3 aliphatic rings. The maximum Gasteiger partial charge on any atom is 0.240 e. The molecule has 3 rings (SSSR count). The van der Waals surface area contributed by atoms with E-state index in [1.165, 1.54) is 0 Å². The third kappa shape index (κ3) is 11.2. The molecule has 2 amide bonds. The SMILES string of the molecule is CCC(C)C(C(CC(=O)N1CCCC1C(OC)C(C)CNCCC1C=CC=CC=C1)OC)N(C)C(=O)C(NCC1(C)CCCN1)C(C)C. The van der Waals surface area contributed by atoms with Crippen molar-refractivity contribution < 1.29 is 19.1 Å². The van der Waals surface area contributed by atoms with Crippen LogP contribution in [-0.2, 0) is 19.1 Å². The van der Waals surface area contributed by atoms with Crippen LogP contribution in [-0.4, -0.2) is 111 Å². The van der Waals surface area contributed by atoms with Gasteiger partial charge in [0.1, 0.15) is 0 Å². The number of amides is 2. The van der Waals surface area contributed by atoms with Crippen LogP contribution in [0.2, 0.25) is 0 Å². The Balaban J connectivity index is 1.64. The first kappa shape index (κ1) is 40.4. The average molecular weight is 672 g/mol. The molecule has 0 bridgehead atoms. The molecule has 48 heavy (non-hydrogen) atoms. The van der Waals surface area contributed by atoms with Gasteiger partial charge in [0.05, 0.1) is 36.8 Å². The van der Waals surface area contributed by atoms with Crippen molar-refractivity contribution in [3.63, 3.8) is 0 Å². The number of likely N-dealkylation sites (N-methyl/N-ethyl adjacent to an activating group) is 1. The molecular formula is C39H69N5O4. The Hall–Kier alpha value is -2.04. The van der Waals surface area contributed by atoms with E-state index in [9.17, 15) is 9.59 Å². The van der Waals surface area contributed by atoms with Gasteiger partial charge in [-0.25, -0.2) is 0 Å². The van der Waals surface area contributed by atoms with Crippen LogP contribution in [0.3, 0.4) is 0 Å². The fraction of sp³-hybridized carbons (Fsp3) is 0.795. The summed E-state index contributed by atoms with van der Waals surface area (Å²) in [5.41, 5.74) is 0.00497. The summed E-state index contributed by atoms with van der Waals surface area (Å²) in [5, 5.41) is 10.9. The fourth-order valence-corrected chi connectivity index (χ4v) is 8.02. The standard InChI is InChI=1S/C39H69N5O4/c1-10-29(4)36(43(7)38(46)35(28(2)3)41-27-39(6)21-16-22-42-39)33(47-8)25-34(45)44-24-15-19-32(44)37(48-9)30(5)26-40-23-20-31-17-13-11-12-14-18-31/h11-14,17-18,28-33,35-37,40-42H,10,15-16,19-27H2,1-9H3. The minimum absolute atomic E-state index is 0.00497. The molecule has 274 valence electrons. The van der Waals surface area contributed by atoms with Crippen LogP contribution in [0.1, 0.15) is 86.5 Å². The van der Waals surface area contributed by atoms with Crippen LogP contribution >= 0.6 is 0 Å². The molecule has 1 aliphatic carbocycles. The number of hydrogen-bond acceptors (Lipinski definition) is 7. The number of ether oxygens (including phenoxy) is 2. The van der Waals surface area contributed by atoms with Crippen LogP contribution in [0.25, 0.3) is 0 Å². The second-order valence-corrected chi connectivity index (χ2v) is 15.3. The zero-order valence-corrected chi connectivity index (χ0v) is 31.7. The third-order valence-corrected chi connectivity index (χ3v) is 11.2. The molecule has 9 heteroatoms. The first-order valence-electron chi connectivity index (χ1n) is 18.8. The molecule has 0 saturated carbocycles. The molecule has 0 aromatic carbocycles. The Morgan fingerprint density at radius 2 is 1.75 bits per heavy atom. The van der Waals surface area contributed by atoms with Gasteiger partial charge in [-0.1, -0.05) is 77.5 Å². The van der Waals surface area contributed by atoms with Crippen molar-refractivity contribution in [1.29, 1.82) is 0 Å². The van der Waals surface area contributed by atoms with Gasteiger partial charge < -0.3 is 35.2 Å². The van der Waals surface area contributed by atoms with Gasteiger partial charge >= 0.3 is 0 Å². The Bertz CT molecular complexity index is 1050. The molecular weight excluding hydrogens is 602 g/mol. The van der Waals surface area contributed by atoms with Gasteiger partial charge in [-0.2, -0.15) is 0 Å². The van der Waals surface area contributed by atoms with Crippen LogP contribution in [0.5, 0.6) is 0 Å². The van der Waals surface area contributed by atoms with Crippen molar-refractivity contribution in [2.45, 2.75) is 122 Å². The molecule has 3 N–H and O–H groups in total. The largest absolute Gasteiger partial charge is 0.379 e. The van der Waals surface area contributed by atoms with Crippen LogP contribution < -0.4 is 16.0 Å². The first-order chi connectivity index (χ1) is 23.0. The van der Waals surface area contributed by atoms with E-state index in [0.717, 1.165) is 71.2 Å². The molecule has 8 atom stereocenters. The Morgan fingerprint density at radius 1 is 1.04 bits per heavy atom. The Kier molecular flexibility index (Phi) is 16.8. The molecule has 0 spiro atoms. The number of methoxy groups -OCH3 is 2.